The number of rotatable bonds is 6. The van der Waals surface area contributed by atoms with Gasteiger partial charge in [0.1, 0.15) is 5.75 Å². The molecule has 1 aliphatic heterocycles. The van der Waals surface area contributed by atoms with E-state index in [1.165, 1.54) is 0 Å². The first kappa shape index (κ1) is 19.8. The molecule has 0 unspecified atom stereocenters. The normalized spacial score (nSPS) is 15.5. The van der Waals surface area contributed by atoms with Gasteiger partial charge in [0.25, 0.3) is 0 Å². The summed E-state index contributed by atoms with van der Waals surface area (Å²) >= 11 is 0. The van der Waals surface area contributed by atoms with Crippen molar-refractivity contribution in [3.05, 3.63) is 54.4 Å². The molecule has 0 saturated carbocycles. The lowest BCUT2D eigenvalue weighted by molar-refractivity contribution is -0.136. The first-order valence-corrected chi connectivity index (χ1v) is 9.12. The predicted molar refractivity (Wildman–Crippen MR) is 104 cm³/mol. The molecule has 8 nitrogen and oxygen atoms in total. The fourth-order valence-corrected chi connectivity index (χ4v) is 3.09. The van der Waals surface area contributed by atoms with E-state index < -0.39 is 11.8 Å². The molecule has 0 spiro atoms. The average molecular weight is 384 g/mol. The van der Waals surface area contributed by atoms with E-state index in [0.29, 0.717) is 25.4 Å². The Morgan fingerprint density at radius 3 is 2.64 bits per heavy atom. The summed E-state index contributed by atoms with van der Waals surface area (Å²) in [6, 6.07) is 10.9. The topological polar surface area (TPSA) is 92.8 Å². The molecule has 1 aromatic heterocycles. The Balaban J connectivity index is 1.66. The van der Waals surface area contributed by atoms with Gasteiger partial charge in [-0.3, -0.25) is 19.5 Å². The summed E-state index contributed by atoms with van der Waals surface area (Å²) in [7, 11) is 1.62. The molecular weight excluding hydrogens is 360 g/mol. The molecule has 2 heterocycles. The van der Waals surface area contributed by atoms with Gasteiger partial charge in [-0.2, -0.15) is 0 Å². The maximum atomic E-state index is 12.3. The number of morpholine rings is 1. The Kier molecular flexibility index (Phi) is 6.94. The van der Waals surface area contributed by atoms with Gasteiger partial charge < -0.3 is 20.1 Å². The Morgan fingerprint density at radius 2 is 1.93 bits per heavy atom. The van der Waals surface area contributed by atoms with E-state index in [1.807, 2.05) is 24.3 Å². The number of anilines is 1. The minimum absolute atomic E-state index is 0.0864. The zero-order chi connectivity index (χ0) is 19.8. The summed E-state index contributed by atoms with van der Waals surface area (Å²) < 4.78 is 10.8. The minimum atomic E-state index is -0.711. The number of pyridine rings is 1. The van der Waals surface area contributed by atoms with Crippen LogP contribution in [0.5, 0.6) is 5.75 Å². The van der Waals surface area contributed by atoms with Crippen LogP contribution in [0.15, 0.2) is 48.8 Å². The predicted octanol–water partition coefficient (Wildman–Crippen LogP) is 1.22. The lowest BCUT2D eigenvalue weighted by atomic mass is 10.0. The highest BCUT2D eigenvalue weighted by Crippen LogP contribution is 2.24. The molecule has 0 radical (unpaired) electrons. The van der Waals surface area contributed by atoms with Crippen LogP contribution in [-0.2, 0) is 14.3 Å². The van der Waals surface area contributed by atoms with Crippen molar-refractivity contribution >= 4 is 17.5 Å². The Hall–Kier alpha value is -2.97. The highest BCUT2D eigenvalue weighted by Gasteiger charge is 2.25. The third-order valence-electron chi connectivity index (χ3n) is 4.57. The molecule has 2 amide bonds. The number of carbonyl (C=O) groups excluding carboxylic acids is 2. The molecular formula is C20H24N4O4. The standard InChI is InChI=1S/C20H24N4O4/c1-27-17-4-2-3-15(13-17)18(24-9-11-28-12-10-24)14-22-19(25)20(26)23-16-5-7-21-8-6-16/h2-8,13,18H,9-12,14H2,1H3,(H,22,25)(H,21,23,26)/t18-/m0/s1. The average Bonchev–Trinajstić information content (AvgIpc) is 2.75. The van der Waals surface area contributed by atoms with Crippen molar-refractivity contribution in [2.45, 2.75) is 6.04 Å². The number of benzene rings is 1. The molecule has 2 aromatic rings. The van der Waals surface area contributed by atoms with Crippen molar-refractivity contribution in [3.63, 3.8) is 0 Å². The maximum Gasteiger partial charge on any atom is 0.313 e. The second kappa shape index (κ2) is 9.82. The smallest absolute Gasteiger partial charge is 0.313 e. The van der Waals surface area contributed by atoms with E-state index in [4.69, 9.17) is 9.47 Å². The fraction of sp³-hybridized carbons (Fsp3) is 0.350. The van der Waals surface area contributed by atoms with Gasteiger partial charge in [0, 0.05) is 37.7 Å². The van der Waals surface area contributed by atoms with Gasteiger partial charge in [0.05, 0.1) is 26.4 Å². The van der Waals surface area contributed by atoms with Crippen LogP contribution >= 0.6 is 0 Å². The Labute approximate surface area is 163 Å². The Morgan fingerprint density at radius 1 is 1.18 bits per heavy atom. The number of aromatic nitrogens is 1. The number of ether oxygens (including phenoxy) is 2. The van der Waals surface area contributed by atoms with E-state index in [0.717, 1.165) is 24.4 Å². The number of hydrogen-bond donors (Lipinski definition) is 2. The molecule has 1 saturated heterocycles. The summed E-state index contributed by atoms with van der Waals surface area (Å²) in [4.78, 5) is 30.5. The molecule has 1 atom stereocenters. The first-order chi connectivity index (χ1) is 13.7. The molecule has 1 aliphatic rings. The molecule has 3 rings (SSSR count). The van der Waals surface area contributed by atoms with Gasteiger partial charge in [-0.1, -0.05) is 12.1 Å². The molecule has 2 N–H and O–H groups in total. The van der Waals surface area contributed by atoms with Crippen molar-refractivity contribution in [2.24, 2.45) is 0 Å². The summed E-state index contributed by atoms with van der Waals surface area (Å²) in [5.41, 5.74) is 1.53. The number of nitrogens with one attached hydrogen (secondary N) is 2. The summed E-state index contributed by atoms with van der Waals surface area (Å²) in [6.45, 7) is 3.07. The largest absolute Gasteiger partial charge is 0.497 e. The second-order valence-corrected chi connectivity index (χ2v) is 6.34. The number of nitrogens with zero attached hydrogens (tertiary/aromatic N) is 2. The van der Waals surface area contributed by atoms with Crippen LogP contribution in [0.1, 0.15) is 11.6 Å². The number of hydrogen-bond acceptors (Lipinski definition) is 6. The van der Waals surface area contributed by atoms with Crippen LogP contribution in [0.2, 0.25) is 0 Å². The molecule has 1 fully saturated rings. The fourth-order valence-electron chi connectivity index (χ4n) is 3.09. The monoisotopic (exact) mass is 384 g/mol. The van der Waals surface area contributed by atoms with Crippen LogP contribution in [0.25, 0.3) is 0 Å². The van der Waals surface area contributed by atoms with Crippen LogP contribution in [0.4, 0.5) is 5.69 Å². The van der Waals surface area contributed by atoms with Crippen LogP contribution < -0.4 is 15.4 Å². The lowest BCUT2D eigenvalue weighted by Gasteiger charge is -2.35. The van der Waals surface area contributed by atoms with E-state index in [9.17, 15) is 9.59 Å². The van der Waals surface area contributed by atoms with Gasteiger partial charge in [-0.15, -0.1) is 0 Å². The molecule has 0 bridgehead atoms. The highest BCUT2D eigenvalue weighted by molar-refractivity contribution is 6.39. The summed E-state index contributed by atoms with van der Waals surface area (Å²) in [5.74, 6) is -0.645. The third kappa shape index (κ3) is 5.28. The molecule has 1 aromatic carbocycles. The lowest BCUT2D eigenvalue weighted by Crippen LogP contribution is -2.45. The summed E-state index contributed by atoms with van der Waals surface area (Å²) in [6.07, 6.45) is 3.09. The molecule has 0 aliphatic carbocycles. The van der Waals surface area contributed by atoms with E-state index in [-0.39, 0.29) is 6.04 Å². The van der Waals surface area contributed by atoms with Crippen molar-refractivity contribution in [3.8, 4) is 5.75 Å². The van der Waals surface area contributed by atoms with Gasteiger partial charge in [-0.05, 0) is 29.8 Å². The van der Waals surface area contributed by atoms with E-state index >= 15 is 0 Å². The highest BCUT2D eigenvalue weighted by atomic mass is 16.5. The molecule has 8 heteroatoms. The van der Waals surface area contributed by atoms with E-state index in [1.54, 1.807) is 31.6 Å². The SMILES string of the molecule is COc1cccc([C@H](CNC(=O)C(=O)Nc2ccncc2)N2CCOCC2)c1. The Bertz CT molecular complexity index is 794. The zero-order valence-corrected chi connectivity index (χ0v) is 15.8. The van der Waals surface area contributed by atoms with Crippen LogP contribution in [-0.4, -0.2) is 61.7 Å². The van der Waals surface area contributed by atoms with Crippen molar-refractivity contribution < 1.29 is 19.1 Å². The van der Waals surface area contributed by atoms with Gasteiger partial charge in [0.2, 0.25) is 0 Å². The molecule has 148 valence electrons. The van der Waals surface area contributed by atoms with E-state index in [2.05, 4.69) is 20.5 Å². The number of methoxy groups -OCH3 is 1. The zero-order valence-electron chi connectivity index (χ0n) is 15.8. The van der Waals surface area contributed by atoms with Crippen LogP contribution in [0.3, 0.4) is 0 Å². The van der Waals surface area contributed by atoms with Crippen LogP contribution in [0, 0.1) is 0 Å². The van der Waals surface area contributed by atoms with Crippen molar-refractivity contribution in [1.82, 2.24) is 15.2 Å². The second-order valence-electron chi connectivity index (χ2n) is 6.34. The third-order valence-corrected chi connectivity index (χ3v) is 4.57. The maximum absolute atomic E-state index is 12.3. The molecule has 28 heavy (non-hydrogen) atoms. The van der Waals surface area contributed by atoms with Gasteiger partial charge >= 0.3 is 11.8 Å². The number of carbonyl (C=O) groups is 2. The van der Waals surface area contributed by atoms with Gasteiger partial charge in [0.15, 0.2) is 0 Å². The summed E-state index contributed by atoms with van der Waals surface area (Å²) in [5, 5.41) is 5.30. The van der Waals surface area contributed by atoms with Crippen molar-refractivity contribution in [2.75, 3.05) is 45.3 Å². The van der Waals surface area contributed by atoms with Gasteiger partial charge in [-0.25, -0.2) is 0 Å². The van der Waals surface area contributed by atoms with Crippen molar-refractivity contribution in [1.29, 1.82) is 0 Å². The first-order valence-electron chi connectivity index (χ1n) is 9.12. The number of amides is 2. The minimum Gasteiger partial charge on any atom is -0.497 e. The quantitative estimate of drug-likeness (QED) is 0.728.